The van der Waals surface area contributed by atoms with E-state index in [-0.39, 0.29) is 28.3 Å². The molecule has 140 valence electrons. The number of alkyl halides is 2. The van der Waals surface area contributed by atoms with E-state index >= 15 is 0 Å². The highest BCUT2D eigenvalue weighted by Crippen LogP contribution is 2.31. The van der Waals surface area contributed by atoms with E-state index in [4.69, 9.17) is 0 Å². The summed E-state index contributed by atoms with van der Waals surface area (Å²) < 4.78 is 50.6. The van der Waals surface area contributed by atoms with Crippen molar-refractivity contribution in [3.63, 3.8) is 0 Å². The quantitative estimate of drug-likeness (QED) is 0.760. The molecule has 0 aromatic carbocycles. The molecule has 0 amide bonds. The lowest BCUT2D eigenvalue weighted by Gasteiger charge is -2.15. The van der Waals surface area contributed by atoms with E-state index < -0.39 is 22.0 Å². The van der Waals surface area contributed by atoms with E-state index in [2.05, 4.69) is 20.6 Å². The number of sulfone groups is 1. The Balaban J connectivity index is 2.08. The van der Waals surface area contributed by atoms with Crippen molar-refractivity contribution in [2.24, 2.45) is 0 Å². The Morgan fingerprint density at radius 3 is 2.46 bits per heavy atom. The Kier molecular flexibility index (Phi) is 4.99. The molecule has 1 fully saturated rings. The van der Waals surface area contributed by atoms with E-state index in [9.17, 15) is 22.0 Å². The van der Waals surface area contributed by atoms with Gasteiger partial charge in [-0.25, -0.2) is 17.2 Å². The average Bonchev–Trinajstić information content (AvgIpc) is 3.22. The van der Waals surface area contributed by atoms with E-state index in [0.717, 1.165) is 36.6 Å². The number of hydrogen-bond donors (Lipinski definition) is 1. The number of halogens is 2. The zero-order valence-corrected chi connectivity index (χ0v) is 14.7. The molecule has 0 bridgehead atoms. The maximum absolute atomic E-state index is 13.3. The third-order valence-electron chi connectivity index (χ3n) is 4.19. The number of rotatable bonds is 6. The zero-order valence-electron chi connectivity index (χ0n) is 13.9. The van der Waals surface area contributed by atoms with Crippen LogP contribution < -0.4 is 5.32 Å². The molecule has 26 heavy (non-hydrogen) atoms. The summed E-state index contributed by atoms with van der Waals surface area (Å²) in [6.07, 6.45) is 2.10. The molecule has 0 saturated heterocycles. The molecule has 0 spiro atoms. The van der Waals surface area contributed by atoms with Crippen molar-refractivity contribution in [2.45, 2.75) is 43.2 Å². The molecule has 11 heteroatoms. The number of carbonyl (C=O) groups is 1. The first kappa shape index (κ1) is 18.4. The van der Waals surface area contributed by atoms with Gasteiger partial charge >= 0.3 is 0 Å². The van der Waals surface area contributed by atoms with Gasteiger partial charge in [0.1, 0.15) is 11.5 Å². The Bertz CT molecular complexity index is 906. The van der Waals surface area contributed by atoms with Crippen molar-refractivity contribution < 1.29 is 22.0 Å². The molecule has 1 aliphatic rings. The fourth-order valence-corrected chi connectivity index (χ4v) is 3.42. The lowest BCUT2D eigenvalue weighted by Crippen LogP contribution is -2.19. The van der Waals surface area contributed by atoms with Crippen molar-refractivity contribution >= 4 is 21.9 Å². The van der Waals surface area contributed by atoms with Crippen molar-refractivity contribution in [2.75, 3.05) is 11.6 Å². The lowest BCUT2D eigenvalue weighted by atomic mass is 10.2. The smallest absolute Gasteiger partial charge is 0.282 e. The summed E-state index contributed by atoms with van der Waals surface area (Å²) in [6, 6.07) is 2.55. The molecule has 2 aromatic heterocycles. The molecule has 3 rings (SSSR count). The molecule has 0 atom stereocenters. The van der Waals surface area contributed by atoms with Gasteiger partial charge in [0.15, 0.2) is 27.0 Å². The minimum absolute atomic E-state index is 0.0351. The Morgan fingerprint density at radius 2 is 1.96 bits per heavy atom. The number of carbonyl (C=O) groups excluding carboxylic acids is 1. The van der Waals surface area contributed by atoms with Crippen LogP contribution >= 0.6 is 0 Å². The SMILES string of the molecule is CS(=O)(=O)c1ccc(-n2nc(C(F)F)c(C=O)c2NC2CCCC2)nn1. The molecular weight excluding hydrogens is 368 g/mol. The summed E-state index contributed by atoms with van der Waals surface area (Å²) in [5.74, 6) is 0.150. The Morgan fingerprint density at radius 1 is 1.27 bits per heavy atom. The van der Waals surface area contributed by atoms with Crippen LogP contribution in [-0.4, -0.2) is 47.0 Å². The molecule has 0 radical (unpaired) electrons. The van der Waals surface area contributed by atoms with Crippen LogP contribution in [0.4, 0.5) is 14.6 Å². The van der Waals surface area contributed by atoms with Crippen molar-refractivity contribution in [3.05, 3.63) is 23.4 Å². The first-order chi connectivity index (χ1) is 12.3. The van der Waals surface area contributed by atoms with Gasteiger partial charge in [0.05, 0.1) is 5.56 Å². The van der Waals surface area contributed by atoms with Gasteiger partial charge in [-0.05, 0) is 25.0 Å². The molecule has 1 aliphatic carbocycles. The van der Waals surface area contributed by atoms with Crippen LogP contribution in [-0.2, 0) is 9.84 Å². The number of nitrogens with zero attached hydrogens (tertiary/aromatic N) is 4. The van der Waals surface area contributed by atoms with Crippen LogP contribution in [0.15, 0.2) is 17.2 Å². The number of aromatic nitrogens is 4. The summed E-state index contributed by atoms with van der Waals surface area (Å²) in [5.41, 5.74) is -0.893. The maximum Gasteiger partial charge on any atom is 0.282 e. The second kappa shape index (κ2) is 7.06. The average molecular weight is 385 g/mol. The number of aldehydes is 1. The molecule has 2 aromatic rings. The van der Waals surface area contributed by atoms with Gasteiger partial charge in [0.25, 0.3) is 6.43 Å². The van der Waals surface area contributed by atoms with Crippen LogP contribution in [0.25, 0.3) is 5.82 Å². The van der Waals surface area contributed by atoms with Crippen LogP contribution in [0.5, 0.6) is 0 Å². The fourth-order valence-electron chi connectivity index (χ4n) is 2.92. The van der Waals surface area contributed by atoms with Gasteiger partial charge in [0.2, 0.25) is 0 Å². The standard InChI is InChI=1S/C15H17F2N5O3S/c1-26(24,25)12-7-6-11(19-20-12)22-15(18-9-4-2-3-5-9)10(8-23)13(21-22)14(16)17/h6-9,14,18H,2-5H2,1H3. The lowest BCUT2D eigenvalue weighted by molar-refractivity contribution is 0.110. The van der Waals surface area contributed by atoms with Gasteiger partial charge in [-0.3, -0.25) is 4.79 Å². The molecule has 0 aliphatic heterocycles. The normalized spacial score (nSPS) is 15.5. The molecular formula is C15H17F2N5O3S. The number of anilines is 1. The number of hydrogen-bond acceptors (Lipinski definition) is 7. The first-order valence-corrected chi connectivity index (χ1v) is 9.87. The Labute approximate surface area is 148 Å². The topological polar surface area (TPSA) is 107 Å². The van der Waals surface area contributed by atoms with Crippen molar-refractivity contribution in [3.8, 4) is 5.82 Å². The minimum atomic E-state index is -3.55. The highest BCUT2D eigenvalue weighted by Gasteiger charge is 2.27. The third kappa shape index (κ3) is 3.57. The second-order valence-corrected chi connectivity index (χ2v) is 8.07. The van der Waals surface area contributed by atoms with Crippen molar-refractivity contribution in [1.82, 2.24) is 20.0 Å². The summed E-state index contributed by atoms with van der Waals surface area (Å²) in [6.45, 7) is 0. The van der Waals surface area contributed by atoms with Gasteiger partial charge < -0.3 is 5.32 Å². The van der Waals surface area contributed by atoms with E-state index in [0.29, 0.717) is 6.29 Å². The minimum Gasteiger partial charge on any atom is -0.367 e. The van der Waals surface area contributed by atoms with Crippen LogP contribution in [0.3, 0.4) is 0 Å². The molecule has 8 nitrogen and oxygen atoms in total. The summed E-state index contributed by atoms with van der Waals surface area (Å²) in [4.78, 5) is 11.4. The fraction of sp³-hybridized carbons (Fsp3) is 0.467. The maximum atomic E-state index is 13.3. The molecule has 2 heterocycles. The summed E-state index contributed by atoms with van der Waals surface area (Å²) >= 11 is 0. The molecule has 1 N–H and O–H groups in total. The number of nitrogens with one attached hydrogen (secondary N) is 1. The summed E-state index contributed by atoms with van der Waals surface area (Å²) in [7, 11) is -3.55. The van der Waals surface area contributed by atoms with Crippen LogP contribution in [0, 0.1) is 0 Å². The third-order valence-corrected chi connectivity index (χ3v) is 5.17. The van der Waals surface area contributed by atoms with Gasteiger partial charge in [0, 0.05) is 12.3 Å². The predicted octanol–water partition coefficient (Wildman–Crippen LogP) is 2.17. The highest BCUT2D eigenvalue weighted by molar-refractivity contribution is 7.90. The second-order valence-electron chi connectivity index (χ2n) is 6.11. The predicted molar refractivity (Wildman–Crippen MR) is 88.5 cm³/mol. The molecule has 1 saturated carbocycles. The summed E-state index contributed by atoms with van der Waals surface area (Å²) in [5, 5.41) is 14.0. The first-order valence-electron chi connectivity index (χ1n) is 7.98. The monoisotopic (exact) mass is 385 g/mol. The van der Waals surface area contributed by atoms with Gasteiger partial charge in [-0.1, -0.05) is 12.8 Å². The van der Waals surface area contributed by atoms with Crippen molar-refractivity contribution in [1.29, 1.82) is 0 Å². The van der Waals surface area contributed by atoms with E-state index in [1.54, 1.807) is 0 Å². The highest BCUT2D eigenvalue weighted by atomic mass is 32.2. The van der Waals surface area contributed by atoms with Gasteiger partial charge in [-0.2, -0.15) is 9.78 Å². The zero-order chi connectivity index (χ0) is 18.9. The van der Waals surface area contributed by atoms with E-state index in [1.165, 1.54) is 12.1 Å². The van der Waals surface area contributed by atoms with Crippen LogP contribution in [0.1, 0.15) is 48.2 Å². The van der Waals surface area contributed by atoms with E-state index in [1.807, 2.05) is 0 Å². The van der Waals surface area contributed by atoms with Crippen LogP contribution in [0.2, 0.25) is 0 Å². The molecule has 0 unspecified atom stereocenters. The largest absolute Gasteiger partial charge is 0.367 e. The van der Waals surface area contributed by atoms with Gasteiger partial charge in [-0.15, -0.1) is 10.2 Å². The Hall–Kier alpha value is -2.43.